The first-order valence-corrected chi connectivity index (χ1v) is 6.51. The Morgan fingerprint density at radius 3 is 2.79 bits per heavy atom. The third-order valence-electron chi connectivity index (χ3n) is 3.58. The molecule has 0 spiro atoms. The second kappa shape index (κ2) is 5.03. The zero-order chi connectivity index (χ0) is 13.2. The fourth-order valence-corrected chi connectivity index (χ4v) is 2.51. The molecule has 1 saturated heterocycles. The van der Waals surface area contributed by atoms with E-state index in [-0.39, 0.29) is 5.91 Å². The summed E-state index contributed by atoms with van der Waals surface area (Å²) in [5, 5.41) is 14.4. The van der Waals surface area contributed by atoms with Gasteiger partial charge in [-0.1, -0.05) is 18.2 Å². The first-order chi connectivity index (χ1) is 9.27. The number of hydrogen-bond donors (Lipinski definition) is 3. The van der Waals surface area contributed by atoms with Crippen molar-refractivity contribution >= 4 is 16.8 Å². The van der Waals surface area contributed by atoms with Crippen LogP contribution in [-0.4, -0.2) is 47.1 Å². The number of fused-ring (bicyclic) bond motifs is 1. The molecule has 2 aromatic rings. The van der Waals surface area contributed by atoms with Gasteiger partial charge in [-0.25, -0.2) is 0 Å². The Kier molecular flexibility index (Phi) is 3.23. The maximum absolute atomic E-state index is 12.3. The largest absolute Gasteiger partial charge is 0.378 e. The molecule has 100 valence electrons. The second-order valence-electron chi connectivity index (χ2n) is 4.77. The van der Waals surface area contributed by atoms with E-state index in [1.54, 1.807) is 11.1 Å². The highest BCUT2D eigenvalue weighted by molar-refractivity contribution is 5.91. The van der Waals surface area contributed by atoms with Crippen LogP contribution >= 0.6 is 0 Å². The molecule has 19 heavy (non-hydrogen) atoms. The fraction of sp³-hybridized carbons (Fsp3) is 0.357. The second-order valence-corrected chi connectivity index (χ2v) is 4.77. The van der Waals surface area contributed by atoms with Gasteiger partial charge in [0.2, 0.25) is 0 Å². The summed E-state index contributed by atoms with van der Waals surface area (Å²) in [4.78, 5) is 17.1. The van der Waals surface area contributed by atoms with Crippen molar-refractivity contribution in [1.82, 2.24) is 15.2 Å². The van der Waals surface area contributed by atoms with Gasteiger partial charge >= 0.3 is 0 Å². The third-order valence-corrected chi connectivity index (χ3v) is 3.58. The van der Waals surface area contributed by atoms with E-state index < -0.39 is 6.10 Å². The number of aromatic nitrogens is 1. The van der Waals surface area contributed by atoms with Crippen LogP contribution in [0.4, 0.5) is 0 Å². The van der Waals surface area contributed by atoms with E-state index in [9.17, 15) is 9.90 Å². The molecular weight excluding hydrogens is 242 g/mol. The average molecular weight is 259 g/mol. The highest BCUT2D eigenvalue weighted by atomic mass is 16.3. The van der Waals surface area contributed by atoms with E-state index in [4.69, 9.17) is 0 Å². The number of aromatic amines is 1. The molecule has 0 saturated carbocycles. The highest BCUT2D eigenvalue weighted by Gasteiger charge is 2.26. The van der Waals surface area contributed by atoms with E-state index in [1.165, 1.54) is 0 Å². The van der Waals surface area contributed by atoms with Gasteiger partial charge in [0.05, 0.1) is 0 Å². The van der Waals surface area contributed by atoms with Crippen LogP contribution in [0.1, 0.15) is 11.7 Å². The number of carbonyl (C=O) groups excluding carboxylic acids is 1. The number of nitrogens with zero attached hydrogens (tertiary/aromatic N) is 1. The summed E-state index contributed by atoms with van der Waals surface area (Å²) >= 11 is 0. The summed E-state index contributed by atoms with van der Waals surface area (Å²) in [5.74, 6) is -0.216. The number of amides is 1. The van der Waals surface area contributed by atoms with Crippen molar-refractivity contribution in [2.24, 2.45) is 0 Å². The number of hydrogen-bond acceptors (Lipinski definition) is 3. The van der Waals surface area contributed by atoms with Gasteiger partial charge in [0.25, 0.3) is 5.91 Å². The number of carbonyl (C=O) groups is 1. The Morgan fingerprint density at radius 2 is 2.00 bits per heavy atom. The van der Waals surface area contributed by atoms with Gasteiger partial charge in [-0.05, 0) is 6.07 Å². The standard InChI is InChI=1S/C14H17N3O2/c18-13(14(19)17-7-5-15-6-8-17)11-9-16-12-4-2-1-3-10(11)12/h1-4,9,13,15-16,18H,5-8H2. The van der Waals surface area contributed by atoms with Gasteiger partial charge in [-0.15, -0.1) is 0 Å². The zero-order valence-corrected chi connectivity index (χ0v) is 10.6. The predicted octanol–water partition coefficient (Wildman–Crippen LogP) is 0.633. The van der Waals surface area contributed by atoms with E-state index in [2.05, 4.69) is 10.3 Å². The molecule has 1 unspecified atom stereocenters. The molecule has 1 aliphatic rings. The Bertz CT molecular complexity index is 587. The van der Waals surface area contributed by atoms with Crippen molar-refractivity contribution in [3.63, 3.8) is 0 Å². The van der Waals surface area contributed by atoms with Gasteiger partial charge in [0, 0.05) is 48.8 Å². The smallest absolute Gasteiger partial charge is 0.256 e. The van der Waals surface area contributed by atoms with E-state index in [0.29, 0.717) is 18.7 Å². The molecule has 1 amide bonds. The highest BCUT2D eigenvalue weighted by Crippen LogP contribution is 2.25. The lowest BCUT2D eigenvalue weighted by atomic mass is 10.1. The minimum atomic E-state index is -1.09. The molecule has 5 nitrogen and oxygen atoms in total. The molecule has 5 heteroatoms. The number of piperazine rings is 1. The van der Waals surface area contributed by atoms with Crippen molar-refractivity contribution in [1.29, 1.82) is 0 Å². The lowest BCUT2D eigenvalue weighted by Gasteiger charge is -2.29. The van der Waals surface area contributed by atoms with Gasteiger partial charge in [0.15, 0.2) is 6.10 Å². The van der Waals surface area contributed by atoms with E-state index in [0.717, 1.165) is 24.0 Å². The molecule has 1 atom stereocenters. The lowest BCUT2D eigenvalue weighted by molar-refractivity contribution is -0.141. The maximum atomic E-state index is 12.3. The topological polar surface area (TPSA) is 68.4 Å². The fourth-order valence-electron chi connectivity index (χ4n) is 2.51. The Morgan fingerprint density at radius 1 is 1.26 bits per heavy atom. The molecule has 1 aromatic carbocycles. The van der Waals surface area contributed by atoms with Crippen LogP contribution < -0.4 is 5.32 Å². The minimum Gasteiger partial charge on any atom is -0.378 e. The quantitative estimate of drug-likeness (QED) is 0.741. The summed E-state index contributed by atoms with van der Waals surface area (Å²) in [6, 6.07) is 7.67. The SMILES string of the molecule is O=C(C(O)c1c[nH]c2ccccc12)N1CCNCC1. The van der Waals surface area contributed by atoms with Crippen molar-refractivity contribution < 1.29 is 9.90 Å². The summed E-state index contributed by atoms with van der Waals surface area (Å²) in [6.07, 6.45) is 0.629. The van der Waals surface area contributed by atoms with Crippen molar-refractivity contribution in [3.05, 3.63) is 36.0 Å². The summed E-state index contributed by atoms with van der Waals surface area (Å²) in [6.45, 7) is 2.87. The number of aliphatic hydroxyl groups is 1. The first kappa shape index (κ1) is 12.2. The molecule has 1 fully saturated rings. The molecular formula is C14H17N3O2. The molecule has 3 rings (SSSR count). The molecule has 0 aliphatic carbocycles. The Balaban J connectivity index is 1.86. The number of aliphatic hydroxyl groups excluding tert-OH is 1. The molecule has 1 aliphatic heterocycles. The van der Waals surface area contributed by atoms with Gasteiger partial charge in [0.1, 0.15) is 0 Å². The normalized spacial score (nSPS) is 17.6. The Hall–Kier alpha value is -1.85. The van der Waals surface area contributed by atoms with E-state index >= 15 is 0 Å². The van der Waals surface area contributed by atoms with Crippen LogP contribution in [0.3, 0.4) is 0 Å². The third kappa shape index (κ3) is 2.22. The van der Waals surface area contributed by atoms with Crippen LogP contribution in [-0.2, 0) is 4.79 Å². The molecule has 1 aromatic heterocycles. The van der Waals surface area contributed by atoms with Gasteiger partial charge < -0.3 is 20.3 Å². The molecule has 0 radical (unpaired) electrons. The Labute approximate surface area is 111 Å². The number of benzene rings is 1. The number of nitrogens with one attached hydrogen (secondary N) is 2. The van der Waals surface area contributed by atoms with Crippen LogP contribution in [0, 0.1) is 0 Å². The summed E-state index contributed by atoms with van der Waals surface area (Å²) < 4.78 is 0. The minimum absolute atomic E-state index is 0.216. The number of rotatable bonds is 2. The zero-order valence-electron chi connectivity index (χ0n) is 10.6. The lowest BCUT2D eigenvalue weighted by Crippen LogP contribution is -2.48. The van der Waals surface area contributed by atoms with Crippen LogP contribution in [0.2, 0.25) is 0 Å². The van der Waals surface area contributed by atoms with Crippen LogP contribution in [0.15, 0.2) is 30.5 Å². The van der Waals surface area contributed by atoms with Crippen molar-refractivity contribution in [2.75, 3.05) is 26.2 Å². The van der Waals surface area contributed by atoms with Gasteiger partial charge in [-0.2, -0.15) is 0 Å². The molecule has 3 N–H and O–H groups in total. The van der Waals surface area contributed by atoms with Crippen LogP contribution in [0.25, 0.3) is 10.9 Å². The maximum Gasteiger partial charge on any atom is 0.256 e. The summed E-state index contributed by atoms with van der Waals surface area (Å²) in [5.41, 5.74) is 1.59. The van der Waals surface area contributed by atoms with Gasteiger partial charge in [-0.3, -0.25) is 4.79 Å². The molecule has 2 heterocycles. The number of H-pyrrole nitrogens is 1. The average Bonchev–Trinajstić information content (AvgIpc) is 2.90. The van der Waals surface area contributed by atoms with Crippen LogP contribution in [0.5, 0.6) is 0 Å². The van der Waals surface area contributed by atoms with Crippen molar-refractivity contribution in [3.8, 4) is 0 Å². The first-order valence-electron chi connectivity index (χ1n) is 6.51. The monoisotopic (exact) mass is 259 g/mol. The number of para-hydroxylation sites is 1. The summed E-state index contributed by atoms with van der Waals surface area (Å²) in [7, 11) is 0. The van der Waals surface area contributed by atoms with E-state index in [1.807, 2.05) is 24.3 Å². The predicted molar refractivity (Wildman–Crippen MR) is 72.7 cm³/mol. The van der Waals surface area contributed by atoms with Crippen molar-refractivity contribution in [2.45, 2.75) is 6.10 Å². The molecule has 0 bridgehead atoms.